The number of rotatable bonds is 6. The zero-order valence-corrected chi connectivity index (χ0v) is 12.3. The van der Waals surface area contributed by atoms with Gasteiger partial charge >= 0.3 is 0 Å². The van der Waals surface area contributed by atoms with E-state index in [0.717, 1.165) is 18.4 Å². The zero-order valence-electron chi connectivity index (χ0n) is 12.3. The first-order chi connectivity index (χ1) is 8.04. The molecule has 2 N–H and O–H groups in total. The van der Waals surface area contributed by atoms with Gasteiger partial charge in [0.2, 0.25) is 0 Å². The first-order valence-corrected chi connectivity index (χ1v) is 7.45. The second-order valence-electron chi connectivity index (χ2n) is 6.41. The summed E-state index contributed by atoms with van der Waals surface area (Å²) in [6.45, 7) is 9.08. The molecule has 2 atom stereocenters. The maximum absolute atomic E-state index is 6.13. The van der Waals surface area contributed by atoms with Crippen molar-refractivity contribution >= 4 is 0 Å². The molecule has 102 valence electrons. The van der Waals surface area contributed by atoms with E-state index in [4.69, 9.17) is 5.73 Å². The molecule has 0 saturated heterocycles. The Morgan fingerprint density at radius 3 is 2.24 bits per heavy atom. The van der Waals surface area contributed by atoms with Crippen LogP contribution in [0.1, 0.15) is 59.3 Å². The highest BCUT2D eigenvalue weighted by molar-refractivity contribution is 4.96. The summed E-state index contributed by atoms with van der Waals surface area (Å²) in [5.41, 5.74) is 6.41. The van der Waals surface area contributed by atoms with E-state index in [1.807, 2.05) is 0 Å². The van der Waals surface area contributed by atoms with Crippen molar-refractivity contribution in [2.24, 2.45) is 17.6 Å². The quantitative estimate of drug-likeness (QED) is 0.722. The van der Waals surface area contributed by atoms with Gasteiger partial charge in [-0.25, -0.2) is 0 Å². The summed E-state index contributed by atoms with van der Waals surface area (Å²) in [4.78, 5) is 2.56. The zero-order chi connectivity index (χ0) is 12.9. The molecule has 2 nitrogen and oxygen atoms in total. The lowest BCUT2D eigenvalue weighted by atomic mass is 9.71. The van der Waals surface area contributed by atoms with Crippen LogP contribution in [0.25, 0.3) is 0 Å². The third-order valence-electron chi connectivity index (χ3n) is 4.55. The van der Waals surface area contributed by atoms with E-state index in [0.29, 0.717) is 0 Å². The molecule has 0 aliphatic heterocycles. The van der Waals surface area contributed by atoms with Crippen molar-refractivity contribution in [1.82, 2.24) is 4.90 Å². The van der Waals surface area contributed by atoms with Crippen LogP contribution in [0.2, 0.25) is 0 Å². The van der Waals surface area contributed by atoms with Crippen LogP contribution in [0.4, 0.5) is 0 Å². The van der Waals surface area contributed by atoms with Crippen LogP contribution < -0.4 is 5.73 Å². The van der Waals surface area contributed by atoms with Gasteiger partial charge in [0.15, 0.2) is 0 Å². The number of nitrogens with two attached hydrogens (primary N) is 1. The third-order valence-corrected chi connectivity index (χ3v) is 4.55. The molecule has 0 spiro atoms. The second-order valence-corrected chi connectivity index (χ2v) is 6.41. The van der Waals surface area contributed by atoms with Crippen molar-refractivity contribution in [3.05, 3.63) is 0 Å². The summed E-state index contributed by atoms with van der Waals surface area (Å²) in [5, 5.41) is 0. The molecule has 0 heterocycles. The molecule has 1 rings (SSSR count). The van der Waals surface area contributed by atoms with Crippen LogP contribution in [0.5, 0.6) is 0 Å². The molecular weight excluding hydrogens is 208 g/mol. The van der Waals surface area contributed by atoms with Gasteiger partial charge in [-0.3, -0.25) is 4.90 Å². The molecule has 17 heavy (non-hydrogen) atoms. The van der Waals surface area contributed by atoms with Crippen molar-refractivity contribution < 1.29 is 0 Å². The fourth-order valence-electron chi connectivity index (χ4n) is 3.70. The van der Waals surface area contributed by atoms with Gasteiger partial charge in [0, 0.05) is 12.1 Å². The molecule has 1 aliphatic carbocycles. The fraction of sp³-hybridized carbons (Fsp3) is 1.00. The van der Waals surface area contributed by atoms with Crippen LogP contribution in [0.15, 0.2) is 0 Å². The highest BCUT2D eigenvalue weighted by atomic mass is 15.2. The Morgan fingerprint density at radius 2 is 1.76 bits per heavy atom. The standard InChI is InChI=1S/C15H32N2/c1-5-6-7-8-17(4)15(12-16)10-13(2)9-14(3)11-15/h13-14H,5-12,16H2,1-4H3. The summed E-state index contributed by atoms with van der Waals surface area (Å²) in [6.07, 6.45) is 7.92. The number of hydrogen-bond donors (Lipinski definition) is 1. The fourth-order valence-corrected chi connectivity index (χ4v) is 3.70. The van der Waals surface area contributed by atoms with Crippen LogP contribution in [-0.2, 0) is 0 Å². The Kier molecular flexibility index (Phi) is 5.94. The van der Waals surface area contributed by atoms with E-state index >= 15 is 0 Å². The SMILES string of the molecule is CCCCCN(C)C1(CN)CC(C)CC(C)C1. The largest absolute Gasteiger partial charge is 0.329 e. The maximum Gasteiger partial charge on any atom is 0.0333 e. The van der Waals surface area contributed by atoms with E-state index in [2.05, 4.69) is 32.7 Å². The van der Waals surface area contributed by atoms with Crippen molar-refractivity contribution in [3.63, 3.8) is 0 Å². The number of likely N-dealkylation sites (N-methyl/N-ethyl adjacent to an activating group) is 1. The van der Waals surface area contributed by atoms with Gasteiger partial charge in [0.25, 0.3) is 0 Å². The monoisotopic (exact) mass is 240 g/mol. The van der Waals surface area contributed by atoms with Gasteiger partial charge in [-0.2, -0.15) is 0 Å². The first-order valence-electron chi connectivity index (χ1n) is 7.45. The summed E-state index contributed by atoms with van der Waals surface area (Å²) >= 11 is 0. The molecule has 0 aromatic carbocycles. The van der Waals surface area contributed by atoms with Gasteiger partial charge < -0.3 is 5.73 Å². The minimum Gasteiger partial charge on any atom is -0.329 e. The molecule has 0 aromatic heterocycles. The molecule has 0 bridgehead atoms. The minimum absolute atomic E-state index is 0.283. The lowest BCUT2D eigenvalue weighted by Crippen LogP contribution is -2.56. The van der Waals surface area contributed by atoms with Crippen LogP contribution >= 0.6 is 0 Å². The Morgan fingerprint density at radius 1 is 1.18 bits per heavy atom. The highest BCUT2D eigenvalue weighted by Crippen LogP contribution is 2.38. The van der Waals surface area contributed by atoms with Crippen molar-refractivity contribution in [1.29, 1.82) is 0 Å². The Bertz CT molecular complexity index is 205. The van der Waals surface area contributed by atoms with Crippen LogP contribution in [0, 0.1) is 11.8 Å². The van der Waals surface area contributed by atoms with Gasteiger partial charge in [0.05, 0.1) is 0 Å². The van der Waals surface area contributed by atoms with Gasteiger partial charge in [0.1, 0.15) is 0 Å². The molecule has 2 unspecified atom stereocenters. The van der Waals surface area contributed by atoms with Gasteiger partial charge in [-0.1, -0.05) is 33.6 Å². The van der Waals surface area contributed by atoms with Gasteiger partial charge in [-0.15, -0.1) is 0 Å². The number of unbranched alkanes of at least 4 members (excludes halogenated alkanes) is 2. The minimum atomic E-state index is 0.283. The van der Waals surface area contributed by atoms with Crippen molar-refractivity contribution in [3.8, 4) is 0 Å². The highest BCUT2D eigenvalue weighted by Gasteiger charge is 2.39. The molecule has 0 aromatic rings. The maximum atomic E-state index is 6.13. The lowest BCUT2D eigenvalue weighted by Gasteiger charge is -2.48. The van der Waals surface area contributed by atoms with E-state index in [-0.39, 0.29) is 5.54 Å². The first kappa shape index (κ1) is 15.0. The summed E-state index contributed by atoms with van der Waals surface area (Å²) in [6, 6.07) is 0. The van der Waals surface area contributed by atoms with Crippen LogP contribution in [-0.4, -0.2) is 30.6 Å². The summed E-state index contributed by atoms with van der Waals surface area (Å²) in [7, 11) is 2.28. The van der Waals surface area contributed by atoms with E-state index in [9.17, 15) is 0 Å². The summed E-state index contributed by atoms with van der Waals surface area (Å²) < 4.78 is 0. The molecular formula is C15H32N2. The average Bonchev–Trinajstić information content (AvgIpc) is 2.27. The predicted octanol–water partition coefficient (Wildman–Crippen LogP) is 3.26. The van der Waals surface area contributed by atoms with Crippen molar-refractivity contribution in [2.75, 3.05) is 20.1 Å². The van der Waals surface area contributed by atoms with Crippen LogP contribution in [0.3, 0.4) is 0 Å². The molecule has 0 amide bonds. The molecule has 0 radical (unpaired) electrons. The van der Waals surface area contributed by atoms with E-state index in [1.54, 1.807) is 0 Å². The molecule has 1 aliphatic rings. The third kappa shape index (κ3) is 3.96. The Labute approximate surface area is 108 Å². The topological polar surface area (TPSA) is 29.3 Å². The molecule has 1 saturated carbocycles. The predicted molar refractivity (Wildman–Crippen MR) is 76.1 cm³/mol. The second kappa shape index (κ2) is 6.75. The van der Waals surface area contributed by atoms with E-state index in [1.165, 1.54) is 45.1 Å². The average molecular weight is 240 g/mol. The Hall–Kier alpha value is -0.0800. The Balaban J connectivity index is 2.59. The van der Waals surface area contributed by atoms with Gasteiger partial charge in [-0.05, 0) is 51.1 Å². The smallest absolute Gasteiger partial charge is 0.0333 e. The van der Waals surface area contributed by atoms with Crippen molar-refractivity contribution in [2.45, 2.75) is 64.8 Å². The van der Waals surface area contributed by atoms with E-state index < -0.39 is 0 Å². The number of nitrogens with zero attached hydrogens (tertiary/aromatic N) is 1. The lowest BCUT2D eigenvalue weighted by molar-refractivity contribution is 0.0378. The summed E-state index contributed by atoms with van der Waals surface area (Å²) in [5.74, 6) is 1.66. The normalized spacial score (nSPS) is 34.2. The number of hydrogen-bond acceptors (Lipinski definition) is 2. The molecule has 2 heteroatoms. The molecule has 1 fully saturated rings.